The van der Waals surface area contributed by atoms with Crippen molar-refractivity contribution in [2.45, 2.75) is 86.9 Å². The maximum Gasteiger partial charge on any atom is 0.305 e. The molecule has 2 aromatic rings. The molecule has 16 N–H and O–H groups in total. The first kappa shape index (κ1) is 61.9. The van der Waals surface area contributed by atoms with E-state index in [0.29, 0.717) is 11.1 Å². The van der Waals surface area contributed by atoms with Crippen LogP contribution >= 0.6 is 11.8 Å². The first-order valence-corrected chi connectivity index (χ1v) is 25.1. The number of hydrogen-bond acceptors (Lipinski definition) is 17. The number of rotatable bonds is 12. The zero-order valence-electron chi connectivity index (χ0n) is 41.7. The van der Waals surface area contributed by atoms with E-state index in [9.17, 15) is 77.6 Å². The lowest BCUT2D eigenvalue weighted by molar-refractivity contribution is -0.142. The second-order valence-corrected chi connectivity index (χ2v) is 18.6. The Hall–Kier alpha value is -8.64. The standard InChI is InChI=1S/C48H61N11O18S/c49-36(61)18-31-45(72)58-34-22-77-15-5-4-14-76-21-33(53-38(63)24-78-23-35(41(50)68)59-48(34)75)47(74)55-30(16-25-6-2-1-3-7-25)44(71)54-28(12-13-39(64)65)42(69)51-20-37(62)52-29(17-26-8-10-27(60)11-9-26)43(70)57-32(19-40(66)67)46(73)56-31/h1-11,28-35,60H,12-24H2,(H2,49,61)(H2,50,68)(H,51,69)(H,52,62)(H,53,63)(H,54,71)(H,55,74)(H,56,73)(H,57,70)(H,58,72)(H,59,75)(H,64,65)(H,66,67)/t28-,29+,30+,31-,32+,33+,34+,35+/m1/s1. The summed E-state index contributed by atoms with van der Waals surface area (Å²) in [4.78, 5) is 173. The number of carbonyl (C=O) groups excluding carboxylic acids is 11. The van der Waals surface area contributed by atoms with Crippen molar-refractivity contribution in [1.82, 2.24) is 47.9 Å². The number of benzene rings is 2. The SMILES string of the molecule is NC(=O)C[C@H]1NC(=O)[C@H](CC(=O)O)NC(=O)[C@H](Cc2ccc(O)cc2)NC(=O)CNC(=O)[C@@H](CCC(=O)O)NC(=O)[C@H](Cc2ccccc2)NC(=O)[C@@H]2COCC=CCOC[C@H](NC1=O)C(=O)N[C@H](C(N)=O)CSCC(=O)N2. The minimum Gasteiger partial charge on any atom is -0.508 e. The molecule has 1 fully saturated rings. The lowest BCUT2D eigenvalue weighted by atomic mass is 10.0. The summed E-state index contributed by atoms with van der Waals surface area (Å²) in [5, 5.41) is 50.3. The van der Waals surface area contributed by atoms with E-state index in [1.165, 1.54) is 36.4 Å². The Bertz CT molecular complexity index is 2550. The number of aliphatic carboxylic acids is 2. The van der Waals surface area contributed by atoms with Crippen molar-refractivity contribution in [2.75, 3.05) is 44.5 Å². The highest BCUT2D eigenvalue weighted by Crippen LogP contribution is 2.13. The normalized spacial score (nSPS) is 24.5. The van der Waals surface area contributed by atoms with Gasteiger partial charge in [-0.3, -0.25) is 62.3 Å². The van der Waals surface area contributed by atoms with Crippen molar-refractivity contribution < 1.29 is 87.1 Å². The van der Waals surface area contributed by atoms with Crippen LogP contribution in [0.3, 0.4) is 0 Å². The monoisotopic (exact) mass is 1110 g/mol. The molecule has 3 aliphatic heterocycles. The molecule has 0 aliphatic carbocycles. The number of phenolic OH excluding ortho intramolecular Hbond substituents is 1. The van der Waals surface area contributed by atoms with Gasteiger partial charge in [0.25, 0.3) is 0 Å². The minimum atomic E-state index is -2.06. The first-order valence-electron chi connectivity index (χ1n) is 24.0. The van der Waals surface area contributed by atoms with Crippen LogP contribution in [-0.4, -0.2) is 185 Å². The zero-order chi connectivity index (χ0) is 57.3. The summed E-state index contributed by atoms with van der Waals surface area (Å²) in [6, 6.07) is -0.259. The van der Waals surface area contributed by atoms with Crippen LogP contribution in [0.5, 0.6) is 5.75 Å². The number of carbonyl (C=O) groups is 13. The van der Waals surface area contributed by atoms with E-state index in [4.69, 9.17) is 20.9 Å². The molecule has 5 rings (SSSR count). The number of carboxylic acids is 2. The number of carboxylic acid groups (broad SMARTS) is 2. The lowest BCUT2D eigenvalue weighted by Crippen LogP contribution is -2.61. The summed E-state index contributed by atoms with van der Waals surface area (Å²) >= 11 is 0.770. The number of amides is 11. The predicted octanol–water partition coefficient (Wildman–Crippen LogP) is -5.78. The molecule has 0 radical (unpaired) electrons. The van der Waals surface area contributed by atoms with E-state index >= 15 is 0 Å². The summed E-state index contributed by atoms with van der Waals surface area (Å²) in [5.74, 6) is -16.3. The van der Waals surface area contributed by atoms with Gasteiger partial charge in [0.15, 0.2) is 0 Å². The van der Waals surface area contributed by atoms with Crippen molar-refractivity contribution >= 4 is 88.7 Å². The number of fused-ring (bicyclic) bond motifs is 32. The van der Waals surface area contributed by atoms with E-state index < -0.39 is 183 Å². The fourth-order valence-electron chi connectivity index (χ4n) is 7.35. The number of hydrogen-bond donors (Lipinski definition) is 14. The molecular weight excluding hydrogens is 1050 g/mol. The molecule has 29 nitrogen and oxygen atoms in total. The average molecular weight is 1110 g/mol. The van der Waals surface area contributed by atoms with Gasteiger partial charge < -0.3 is 84.1 Å². The van der Waals surface area contributed by atoms with Gasteiger partial charge in [-0.1, -0.05) is 54.6 Å². The summed E-state index contributed by atoms with van der Waals surface area (Å²) in [6.07, 6.45) is -1.16. The van der Waals surface area contributed by atoms with Gasteiger partial charge in [-0.2, -0.15) is 0 Å². The van der Waals surface area contributed by atoms with Crippen molar-refractivity contribution in [3.05, 3.63) is 77.9 Å². The molecule has 422 valence electrons. The Kier molecular flexibility index (Phi) is 24.9. The van der Waals surface area contributed by atoms with Gasteiger partial charge in [0.2, 0.25) is 65.0 Å². The summed E-state index contributed by atoms with van der Waals surface area (Å²) < 4.78 is 11.3. The molecule has 1 saturated heterocycles. The smallest absolute Gasteiger partial charge is 0.305 e. The third kappa shape index (κ3) is 21.9. The molecule has 3 aliphatic rings. The van der Waals surface area contributed by atoms with Gasteiger partial charge >= 0.3 is 11.9 Å². The number of primary amides is 2. The van der Waals surface area contributed by atoms with Crippen LogP contribution in [0, 0.1) is 0 Å². The van der Waals surface area contributed by atoms with Crippen LogP contribution in [0.25, 0.3) is 0 Å². The maximum atomic E-state index is 14.2. The second-order valence-electron chi connectivity index (χ2n) is 17.5. The van der Waals surface area contributed by atoms with Gasteiger partial charge in [0, 0.05) is 25.0 Å². The lowest BCUT2D eigenvalue weighted by Gasteiger charge is -2.27. The van der Waals surface area contributed by atoms with Crippen LogP contribution in [0.1, 0.15) is 36.8 Å². The molecule has 2 bridgehead atoms. The zero-order valence-corrected chi connectivity index (χ0v) is 42.5. The molecule has 2 aromatic carbocycles. The molecule has 0 aromatic heterocycles. The molecule has 0 saturated carbocycles. The van der Waals surface area contributed by atoms with Crippen LogP contribution in [0.4, 0.5) is 0 Å². The van der Waals surface area contributed by atoms with E-state index in [0.717, 1.165) is 11.8 Å². The summed E-state index contributed by atoms with van der Waals surface area (Å²) in [7, 11) is 0. The molecule has 30 heteroatoms. The molecule has 3 heterocycles. The van der Waals surface area contributed by atoms with Crippen LogP contribution in [0.15, 0.2) is 66.7 Å². The maximum absolute atomic E-state index is 14.2. The van der Waals surface area contributed by atoms with Crippen molar-refractivity contribution in [3.8, 4) is 5.75 Å². The molecule has 0 unspecified atom stereocenters. The van der Waals surface area contributed by atoms with Crippen molar-refractivity contribution in [3.63, 3.8) is 0 Å². The number of ether oxygens (including phenoxy) is 2. The number of phenols is 1. The van der Waals surface area contributed by atoms with Crippen LogP contribution in [-0.2, 0) is 84.6 Å². The molecule has 11 amide bonds. The van der Waals surface area contributed by atoms with Gasteiger partial charge in [0.05, 0.1) is 51.6 Å². The highest BCUT2D eigenvalue weighted by atomic mass is 32.2. The molecule has 78 heavy (non-hydrogen) atoms. The van der Waals surface area contributed by atoms with E-state index in [1.807, 2.05) is 0 Å². The fraction of sp³-hybridized carbons (Fsp3) is 0.438. The Morgan fingerprint density at radius 3 is 1.64 bits per heavy atom. The average Bonchev–Trinajstić information content (AvgIpc) is 3.38. The van der Waals surface area contributed by atoms with Gasteiger partial charge in [-0.15, -0.1) is 11.8 Å². The summed E-state index contributed by atoms with van der Waals surface area (Å²) in [5.41, 5.74) is 11.8. The first-order chi connectivity index (χ1) is 37.1. The quantitative estimate of drug-likeness (QED) is 0.0695. The van der Waals surface area contributed by atoms with E-state index in [1.54, 1.807) is 30.3 Å². The Morgan fingerprint density at radius 2 is 1.06 bits per heavy atom. The second kappa shape index (κ2) is 31.4. The Morgan fingerprint density at radius 1 is 0.551 bits per heavy atom. The van der Waals surface area contributed by atoms with Gasteiger partial charge in [-0.05, 0) is 29.7 Å². The predicted molar refractivity (Wildman–Crippen MR) is 271 cm³/mol. The van der Waals surface area contributed by atoms with Gasteiger partial charge in [-0.25, -0.2) is 0 Å². The number of nitrogens with one attached hydrogen (secondary N) is 9. The topological polar surface area (TPSA) is 461 Å². The number of aromatic hydroxyl groups is 1. The fourth-order valence-corrected chi connectivity index (χ4v) is 8.22. The molecule has 0 spiro atoms. The number of nitrogens with two attached hydrogens (primary N) is 2. The third-order valence-electron chi connectivity index (χ3n) is 11.3. The van der Waals surface area contributed by atoms with Crippen LogP contribution < -0.4 is 59.3 Å². The van der Waals surface area contributed by atoms with Crippen molar-refractivity contribution in [1.29, 1.82) is 0 Å². The Labute approximate surface area is 448 Å². The summed E-state index contributed by atoms with van der Waals surface area (Å²) in [6.45, 7) is -2.55. The largest absolute Gasteiger partial charge is 0.508 e. The van der Waals surface area contributed by atoms with Crippen molar-refractivity contribution in [2.24, 2.45) is 11.5 Å². The van der Waals surface area contributed by atoms with Gasteiger partial charge in [0.1, 0.15) is 54.1 Å². The number of thioether (sulfide) groups is 1. The van der Waals surface area contributed by atoms with Crippen LogP contribution in [0.2, 0.25) is 0 Å². The molecule has 8 atom stereocenters. The van der Waals surface area contributed by atoms with E-state index in [2.05, 4.69) is 47.9 Å². The highest BCUT2D eigenvalue weighted by molar-refractivity contribution is 8.00. The Balaban J connectivity index is 1.81. The minimum absolute atomic E-state index is 0.185. The third-order valence-corrected chi connectivity index (χ3v) is 12.4. The highest BCUT2D eigenvalue weighted by Gasteiger charge is 2.36. The van der Waals surface area contributed by atoms with E-state index in [-0.39, 0.29) is 31.1 Å². The molecular formula is C48H61N11O18S.